The van der Waals surface area contributed by atoms with Gasteiger partial charge in [0, 0.05) is 7.05 Å². The van der Waals surface area contributed by atoms with Gasteiger partial charge in [-0.1, -0.05) is 11.3 Å². The minimum Gasteiger partial charge on any atom is -0.494 e. The summed E-state index contributed by atoms with van der Waals surface area (Å²) in [6.45, 7) is 2.65. The van der Waals surface area contributed by atoms with E-state index in [1.54, 1.807) is 11.3 Å². The molecule has 0 amide bonds. The van der Waals surface area contributed by atoms with Crippen LogP contribution in [0.2, 0.25) is 0 Å². The van der Waals surface area contributed by atoms with Crippen LogP contribution in [0.15, 0.2) is 23.3 Å². The van der Waals surface area contributed by atoms with E-state index >= 15 is 0 Å². The van der Waals surface area contributed by atoms with E-state index in [1.165, 1.54) is 0 Å². The summed E-state index contributed by atoms with van der Waals surface area (Å²) in [7, 11) is 1.95. The van der Waals surface area contributed by atoms with Gasteiger partial charge in [0.2, 0.25) is 4.80 Å². The van der Waals surface area contributed by atoms with Crippen molar-refractivity contribution >= 4 is 21.6 Å². The van der Waals surface area contributed by atoms with Crippen molar-refractivity contribution < 1.29 is 4.74 Å². The summed E-state index contributed by atoms with van der Waals surface area (Å²) in [6.07, 6.45) is 0. The van der Waals surface area contributed by atoms with E-state index < -0.39 is 0 Å². The number of benzene rings is 1. The summed E-state index contributed by atoms with van der Waals surface area (Å²) in [5, 5.41) is 3.72. The maximum atomic E-state index is 5.43. The van der Waals surface area contributed by atoms with Gasteiger partial charge in [-0.25, -0.2) is 0 Å². The van der Waals surface area contributed by atoms with E-state index in [-0.39, 0.29) is 0 Å². The van der Waals surface area contributed by atoms with Crippen LogP contribution in [0.1, 0.15) is 6.92 Å². The van der Waals surface area contributed by atoms with Gasteiger partial charge in [-0.2, -0.15) is 5.10 Å². The van der Waals surface area contributed by atoms with Gasteiger partial charge in [0.15, 0.2) is 0 Å². The van der Waals surface area contributed by atoms with E-state index in [1.807, 2.05) is 36.7 Å². The van der Waals surface area contributed by atoms with Crippen molar-refractivity contribution in [2.24, 2.45) is 18.0 Å². The molecule has 1 heterocycles. The highest BCUT2D eigenvalue weighted by molar-refractivity contribution is 7.16. The number of nitrogens with zero attached hydrogens (tertiary/aromatic N) is 2. The summed E-state index contributed by atoms with van der Waals surface area (Å²) in [4.78, 5) is 0.804. The van der Waals surface area contributed by atoms with Crippen LogP contribution in [-0.4, -0.2) is 11.2 Å². The normalized spacial score (nSPS) is 12.3. The first kappa shape index (κ1) is 10.0. The molecule has 0 aliphatic heterocycles. The van der Waals surface area contributed by atoms with Crippen LogP contribution in [0, 0.1) is 0 Å². The minimum atomic E-state index is 0.678. The zero-order chi connectivity index (χ0) is 10.8. The molecule has 80 valence electrons. The van der Waals surface area contributed by atoms with E-state index in [2.05, 4.69) is 5.10 Å². The first-order valence-corrected chi connectivity index (χ1v) is 5.54. The van der Waals surface area contributed by atoms with E-state index in [4.69, 9.17) is 10.6 Å². The molecule has 15 heavy (non-hydrogen) atoms. The topological polar surface area (TPSA) is 52.5 Å². The van der Waals surface area contributed by atoms with Crippen LogP contribution in [0.4, 0.5) is 0 Å². The largest absolute Gasteiger partial charge is 0.494 e. The Morgan fingerprint density at radius 3 is 3.00 bits per heavy atom. The van der Waals surface area contributed by atoms with Crippen molar-refractivity contribution in [2.75, 3.05) is 6.61 Å². The molecular formula is C10H13N3OS. The smallest absolute Gasteiger partial charge is 0.208 e. The second kappa shape index (κ2) is 3.94. The lowest BCUT2D eigenvalue weighted by molar-refractivity contribution is 0.341. The second-order valence-corrected chi connectivity index (χ2v) is 4.14. The summed E-state index contributed by atoms with van der Waals surface area (Å²) in [5.74, 6) is 6.18. The Kier molecular flexibility index (Phi) is 2.64. The lowest BCUT2D eigenvalue weighted by atomic mass is 10.3. The molecule has 0 radical (unpaired) electrons. The highest BCUT2D eigenvalue weighted by Gasteiger charge is 2.03. The molecule has 0 aliphatic rings. The van der Waals surface area contributed by atoms with Gasteiger partial charge in [-0.05, 0) is 25.1 Å². The Labute approximate surface area is 91.6 Å². The third-order valence-electron chi connectivity index (χ3n) is 2.20. The first-order valence-electron chi connectivity index (χ1n) is 4.72. The fourth-order valence-electron chi connectivity index (χ4n) is 1.49. The number of hydrogen-bond donors (Lipinski definition) is 1. The molecule has 0 fully saturated rings. The highest BCUT2D eigenvalue weighted by Crippen LogP contribution is 2.22. The molecule has 0 atom stereocenters. The molecule has 2 N–H and O–H groups in total. The second-order valence-electron chi connectivity index (χ2n) is 3.14. The zero-order valence-electron chi connectivity index (χ0n) is 8.73. The van der Waals surface area contributed by atoms with Crippen LogP contribution in [0.25, 0.3) is 10.2 Å². The molecule has 0 bridgehead atoms. The van der Waals surface area contributed by atoms with E-state index in [9.17, 15) is 0 Å². The minimum absolute atomic E-state index is 0.678. The van der Waals surface area contributed by atoms with Crippen molar-refractivity contribution in [3.8, 4) is 5.75 Å². The maximum Gasteiger partial charge on any atom is 0.208 e. The fourth-order valence-corrected chi connectivity index (χ4v) is 2.46. The third kappa shape index (κ3) is 1.70. The average molecular weight is 223 g/mol. The lowest BCUT2D eigenvalue weighted by Crippen LogP contribution is -2.12. The van der Waals surface area contributed by atoms with Crippen LogP contribution < -0.4 is 15.4 Å². The predicted octanol–water partition coefficient (Wildman–Crippen LogP) is 1.41. The molecule has 0 saturated carbocycles. The molecular weight excluding hydrogens is 210 g/mol. The summed E-state index contributed by atoms with van der Waals surface area (Å²) in [5.41, 5.74) is 1.12. The Bertz CT molecular complexity index is 541. The van der Waals surface area contributed by atoms with Gasteiger partial charge in [-0.15, -0.1) is 0 Å². The quantitative estimate of drug-likeness (QED) is 0.618. The van der Waals surface area contributed by atoms with Crippen LogP contribution in [-0.2, 0) is 7.05 Å². The average Bonchev–Trinajstić information content (AvgIpc) is 2.56. The number of nitrogens with two attached hydrogens (primary N) is 1. The van der Waals surface area contributed by atoms with Crippen LogP contribution in [0.5, 0.6) is 5.75 Å². The van der Waals surface area contributed by atoms with Gasteiger partial charge in [0.25, 0.3) is 0 Å². The molecule has 0 unspecified atom stereocenters. The lowest BCUT2D eigenvalue weighted by Gasteiger charge is -2.02. The Hall–Kier alpha value is -1.49. The van der Waals surface area contributed by atoms with Crippen molar-refractivity contribution in [1.82, 2.24) is 4.57 Å². The molecule has 1 aromatic carbocycles. The molecule has 2 aromatic rings. The van der Waals surface area contributed by atoms with Gasteiger partial charge in [0.05, 0.1) is 16.8 Å². The van der Waals surface area contributed by atoms with Crippen LogP contribution >= 0.6 is 11.3 Å². The Balaban J connectivity index is 2.63. The van der Waals surface area contributed by atoms with Gasteiger partial charge >= 0.3 is 0 Å². The zero-order valence-corrected chi connectivity index (χ0v) is 9.54. The van der Waals surface area contributed by atoms with Crippen molar-refractivity contribution in [3.05, 3.63) is 23.0 Å². The third-order valence-corrected chi connectivity index (χ3v) is 3.31. The highest BCUT2D eigenvalue weighted by atomic mass is 32.1. The molecule has 0 spiro atoms. The Morgan fingerprint density at radius 2 is 2.33 bits per heavy atom. The van der Waals surface area contributed by atoms with Crippen molar-refractivity contribution in [1.29, 1.82) is 0 Å². The summed E-state index contributed by atoms with van der Waals surface area (Å²) < 4.78 is 8.53. The number of rotatable bonds is 2. The SMILES string of the molecule is CCOc1ccc2c(c1)sc(=NN)n2C. The number of thiazole rings is 1. The van der Waals surface area contributed by atoms with Crippen LogP contribution in [0.3, 0.4) is 0 Å². The molecule has 2 rings (SSSR count). The number of hydrogen-bond acceptors (Lipinski definition) is 4. The van der Waals surface area contributed by atoms with E-state index in [0.717, 1.165) is 20.8 Å². The van der Waals surface area contributed by atoms with Crippen molar-refractivity contribution in [3.63, 3.8) is 0 Å². The molecule has 1 aromatic heterocycles. The molecule has 0 aliphatic carbocycles. The number of aryl methyl sites for hydroxylation is 1. The summed E-state index contributed by atoms with van der Waals surface area (Å²) in [6, 6.07) is 5.99. The van der Waals surface area contributed by atoms with E-state index in [0.29, 0.717) is 6.61 Å². The fraction of sp³-hybridized carbons (Fsp3) is 0.300. The van der Waals surface area contributed by atoms with Crippen molar-refractivity contribution in [2.45, 2.75) is 6.92 Å². The molecule has 4 nitrogen and oxygen atoms in total. The number of fused-ring (bicyclic) bond motifs is 1. The van der Waals surface area contributed by atoms with Gasteiger partial charge in [0.1, 0.15) is 5.75 Å². The molecule has 0 saturated heterocycles. The van der Waals surface area contributed by atoms with Gasteiger partial charge < -0.3 is 15.1 Å². The molecule has 5 heteroatoms. The first-order chi connectivity index (χ1) is 7.26. The Morgan fingerprint density at radius 1 is 1.53 bits per heavy atom. The standard InChI is InChI=1S/C10H13N3OS/c1-3-14-7-4-5-8-9(6-7)15-10(12-11)13(8)2/h4-6H,3,11H2,1-2H3. The monoisotopic (exact) mass is 223 g/mol. The van der Waals surface area contributed by atoms with Gasteiger partial charge in [-0.3, -0.25) is 0 Å². The number of ether oxygens (including phenoxy) is 1. The summed E-state index contributed by atoms with van der Waals surface area (Å²) >= 11 is 1.56. The predicted molar refractivity (Wildman–Crippen MR) is 61.7 cm³/mol. The number of aromatic nitrogens is 1. The maximum absolute atomic E-state index is 5.43.